The number of azide groups is 2. The van der Waals surface area contributed by atoms with Crippen LogP contribution in [-0.2, 0) is 29.9 Å². The van der Waals surface area contributed by atoms with Crippen molar-refractivity contribution < 1.29 is 25.3 Å². The number of nitrogens with zero attached hydrogens (tertiary/aromatic N) is 6. The largest absolute Gasteiger partial charge is 0.264 e. The molecule has 0 unspecified atom stereocenters. The van der Waals surface area contributed by atoms with Crippen LogP contribution in [0.15, 0.2) is 77.2 Å². The molecule has 0 aliphatic rings. The molecule has 140 valence electrons. The summed E-state index contributed by atoms with van der Waals surface area (Å²) in [6.45, 7) is 0. The minimum absolute atomic E-state index is 0.477. The van der Waals surface area contributed by atoms with Gasteiger partial charge in [-0.1, -0.05) is 12.1 Å². The lowest BCUT2D eigenvalue weighted by atomic mass is 10.4. The highest BCUT2D eigenvalue weighted by atomic mass is 32.2. The molecule has 0 saturated carbocycles. The Morgan fingerprint density at radius 2 is 0.963 bits per heavy atom. The second-order valence-electron chi connectivity index (χ2n) is 4.75. The Morgan fingerprint density at radius 3 is 1.30 bits per heavy atom. The molecule has 0 spiro atoms. The van der Waals surface area contributed by atoms with Gasteiger partial charge in [-0.2, -0.15) is 0 Å². The molecule has 0 saturated heterocycles. The van der Waals surface area contributed by atoms with E-state index in [1.807, 2.05) is 0 Å². The Labute approximate surface area is 153 Å². The Morgan fingerprint density at radius 1 is 0.630 bits per heavy atom. The average molecular weight is 428 g/mol. The van der Waals surface area contributed by atoms with Gasteiger partial charge in [-0.05, 0) is 47.5 Å². The van der Waals surface area contributed by atoms with Crippen molar-refractivity contribution in [2.45, 2.75) is 19.6 Å². The third kappa shape index (κ3) is 4.19. The summed E-state index contributed by atoms with van der Waals surface area (Å²) in [6, 6.07) is 8.01. The first-order valence-electron chi connectivity index (χ1n) is 6.62. The van der Waals surface area contributed by atoms with E-state index in [2.05, 4.69) is 18.9 Å². The molecule has 2 aromatic carbocycles. The van der Waals surface area contributed by atoms with Crippen LogP contribution in [0.2, 0.25) is 0 Å². The van der Waals surface area contributed by atoms with Crippen LogP contribution in [0.25, 0.3) is 20.9 Å². The van der Waals surface area contributed by atoms with Crippen LogP contribution in [0.3, 0.4) is 0 Å². The third-order valence-corrected chi connectivity index (χ3v) is 7.14. The normalized spacial score (nSPS) is 11.9. The average Bonchev–Trinajstić information content (AvgIpc) is 2.62. The summed E-state index contributed by atoms with van der Waals surface area (Å²) in [5, 5.41) is 0. The highest BCUT2D eigenvalue weighted by Crippen LogP contribution is 2.26. The van der Waals surface area contributed by atoms with Gasteiger partial charge in [-0.3, -0.25) is 0 Å². The van der Waals surface area contributed by atoms with Crippen molar-refractivity contribution in [3.05, 3.63) is 69.4 Å². The van der Waals surface area contributed by atoms with Crippen molar-refractivity contribution in [3.8, 4) is 0 Å². The van der Waals surface area contributed by atoms with Gasteiger partial charge in [0.05, 0.1) is 19.6 Å². The quantitative estimate of drug-likeness (QED) is 0.384. The Bertz CT molecular complexity index is 1220. The van der Waals surface area contributed by atoms with E-state index < -0.39 is 49.5 Å². The summed E-state index contributed by atoms with van der Waals surface area (Å²) in [5.41, 5.74) is 16.6. The molecule has 0 bridgehead atoms. The van der Waals surface area contributed by atoms with Crippen LogP contribution >= 0.6 is 0 Å². The van der Waals surface area contributed by atoms with Gasteiger partial charge < -0.3 is 0 Å². The first-order chi connectivity index (χ1) is 12.5. The molecule has 0 radical (unpaired) electrons. The predicted octanol–water partition coefficient (Wildman–Crippen LogP) is 2.52. The van der Waals surface area contributed by atoms with Gasteiger partial charge in [0.25, 0.3) is 20.0 Å². The van der Waals surface area contributed by atoms with Crippen molar-refractivity contribution >= 4 is 29.9 Å². The lowest BCUT2D eigenvalue weighted by Crippen LogP contribution is -2.05. The highest BCUT2D eigenvalue weighted by Gasteiger charge is 2.23. The molecule has 0 N–H and O–H groups in total. The molecule has 0 fully saturated rings. The Kier molecular flexibility index (Phi) is 5.44. The summed E-state index contributed by atoms with van der Waals surface area (Å²) >= 11 is 0. The Hall–Kier alpha value is -3.09. The third-order valence-electron chi connectivity index (χ3n) is 3.12. The van der Waals surface area contributed by atoms with E-state index in [9.17, 15) is 25.3 Å². The fourth-order valence-corrected chi connectivity index (χ4v) is 4.86. The highest BCUT2D eigenvalue weighted by molar-refractivity contribution is 7.92. The van der Waals surface area contributed by atoms with Crippen molar-refractivity contribution in [2.75, 3.05) is 0 Å². The van der Waals surface area contributed by atoms with Gasteiger partial charge in [0, 0.05) is 18.9 Å². The second kappa shape index (κ2) is 7.26. The summed E-state index contributed by atoms with van der Waals surface area (Å²) in [5.74, 6) is 0. The van der Waals surface area contributed by atoms with Gasteiger partial charge in [-0.25, -0.2) is 25.3 Å². The van der Waals surface area contributed by atoms with Gasteiger partial charge in [0.15, 0.2) is 0 Å². The predicted molar refractivity (Wildman–Crippen MR) is 91.0 cm³/mol. The SMILES string of the molecule is [N-]=[N+]=NS(=O)(=O)c1cccc(S(=O)(=O)c2cccc(S(=O)(=O)N=[N+]=[N-])c2)c1. The van der Waals surface area contributed by atoms with Crippen LogP contribution in [0.1, 0.15) is 0 Å². The zero-order valence-electron chi connectivity index (χ0n) is 13.0. The topological polar surface area (TPSA) is 200 Å². The molecule has 2 aromatic rings. The lowest BCUT2D eigenvalue weighted by molar-refractivity contribution is 0.594. The van der Waals surface area contributed by atoms with Crippen LogP contribution in [-0.4, -0.2) is 25.3 Å². The zero-order valence-corrected chi connectivity index (χ0v) is 15.4. The number of benzene rings is 2. The number of sulfone groups is 1. The summed E-state index contributed by atoms with van der Waals surface area (Å²) < 4.78 is 77.7. The van der Waals surface area contributed by atoms with Crippen LogP contribution in [0.4, 0.5) is 0 Å². The van der Waals surface area contributed by atoms with E-state index in [1.54, 1.807) is 0 Å². The number of hydrogen-bond acceptors (Lipinski definition) is 6. The number of sulfonamides is 2. The summed E-state index contributed by atoms with van der Waals surface area (Å²) in [7, 11) is -13.2. The molecule has 15 heteroatoms. The molecule has 0 amide bonds. The van der Waals surface area contributed by atoms with Crippen molar-refractivity contribution in [3.63, 3.8) is 0 Å². The van der Waals surface area contributed by atoms with E-state index in [-0.39, 0.29) is 0 Å². The molecule has 2 rings (SSSR count). The van der Waals surface area contributed by atoms with E-state index >= 15 is 0 Å². The maximum Gasteiger partial charge on any atom is 0.264 e. The maximum atomic E-state index is 12.7. The van der Waals surface area contributed by atoms with Gasteiger partial charge in [-0.15, -0.1) is 0 Å². The molecule has 0 atom stereocenters. The van der Waals surface area contributed by atoms with Gasteiger partial charge in [0.1, 0.15) is 0 Å². The first kappa shape index (κ1) is 20.2. The smallest absolute Gasteiger partial charge is 0.219 e. The molecule has 0 aromatic heterocycles. The van der Waals surface area contributed by atoms with Crippen molar-refractivity contribution in [1.82, 2.24) is 0 Å². The first-order valence-corrected chi connectivity index (χ1v) is 11.0. The van der Waals surface area contributed by atoms with Crippen LogP contribution in [0, 0.1) is 0 Å². The standard InChI is InChI=1S/C12H8N6O6S3/c13-15-17-26(21,22)11-5-1-3-9(7-11)25(19,20)10-4-2-6-12(8-10)27(23,24)18-16-14/h1-8H. The van der Waals surface area contributed by atoms with Gasteiger partial charge >= 0.3 is 0 Å². The van der Waals surface area contributed by atoms with E-state index in [4.69, 9.17) is 11.1 Å². The minimum atomic E-state index is -4.42. The monoisotopic (exact) mass is 428 g/mol. The van der Waals surface area contributed by atoms with Crippen molar-refractivity contribution in [2.24, 2.45) is 9.04 Å². The van der Waals surface area contributed by atoms with E-state index in [0.717, 1.165) is 48.5 Å². The molecule has 0 heterocycles. The molecule has 27 heavy (non-hydrogen) atoms. The summed E-state index contributed by atoms with van der Waals surface area (Å²) in [4.78, 5) is 2.28. The molecule has 0 aliphatic carbocycles. The lowest BCUT2D eigenvalue weighted by Gasteiger charge is -2.07. The molecular weight excluding hydrogens is 420 g/mol. The second-order valence-corrected chi connectivity index (χ2v) is 9.86. The molecule has 0 aliphatic heterocycles. The van der Waals surface area contributed by atoms with E-state index in [0.29, 0.717) is 0 Å². The molecular formula is C12H8N6O6S3. The van der Waals surface area contributed by atoms with Crippen LogP contribution in [0.5, 0.6) is 0 Å². The zero-order chi connectivity index (χ0) is 20.3. The fourth-order valence-electron chi connectivity index (χ4n) is 1.93. The minimum Gasteiger partial charge on any atom is -0.219 e. The number of rotatable bonds is 6. The van der Waals surface area contributed by atoms with Gasteiger partial charge in [0.2, 0.25) is 9.84 Å². The molecule has 12 nitrogen and oxygen atoms in total. The van der Waals surface area contributed by atoms with Crippen molar-refractivity contribution in [1.29, 1.82) is 0 Å². The van der Waals surface area contributed by atoms with Crippen LogP contribution < -0.4 is 0 Å². The number of hydrogen-bond donors (Lipinski definition) is 0. The maximum absolute atomic E-state index is 12.7. The van der Waals surface area contributed by atoms with E-state index in [1.165, 1.54) is 0 Å². The summed E-state index contributed by atoms with van der Waals surface area (Å²) in [6.07, 6.45) is 0. The fraction of sp³-hybridized carbons (Fsp3) is 0. The Balaban J connectivity index is 2.65.